The van der Waals surface area contributed by atoms with Crippen molar-refractivity contribution in [1.82, 2.24) is 0 Å². The zero-order valence-corrected chi connectivity index (χ0v) is 11.8. The maximum absolute atomic E-state index is 8.43. The van der Waals surface area contributed by atoms with E-state index >= 15 is 0 Å². The second kappa shape index (κ2) is 14.1. The van der Waals surface area contributed by atoms with Crippen molar-refractivity contribution >= 4 is 0 Å². The second-order valence-corrected chi connectivity index (χ2v) is 3.54. The molecule has 2 heteroatoms. The number of hydrogen-bond donors (Lipinski definition) is 1. The van der Waals surface area contributed by atoms with Gasteiger partial charge in [0.05, 0.1) is 6.61 Å². The van der Waals surface area contributed by atoms with Gasteiger partial charge in [0, 0.05) is 5.92 Å². The molecule has 0 bridgehead atoms. The van der Waals surface area contributed by atoms with Crippen LogP contribution < -0.4 is 0 Å². The van der Waals surface area contributed by atoms with Gasteiger partial charge in [-0.1, -0.05) is 36.5 Å². The fourth-order valence-electron chi connectivity index (χ4n) is 1.26. The van der Waals surface area contributed by atoms with E-state index in [0.29, 0.717) is 0 Å². The first kappa shape index (κ1) is 18.7. The Bertz CT molecular complexity index is 251. The molecule has 0 atom stereocenters. The van der Waals surface area contributed by atoms with Gasteiger partial charge in [0.25, 0.3) is 0 Å². The fraction of sp³-hybridized carbons (Fsp3) is 0.0588. The van der Waals surface area contributed by atoms with Crippen molar-refractivity contribution in [1.29, 1.82) is 0 Å². The summed E-state index contributed by atoms with van der Waals surface area (Å²) >= 11 is 0. The van der Waals surface area contributed by atoms with Crippen molar-refractivity contribution in [2.75, 3.05) is 6.61 Å². The summed E-state index contributed by atoms with van der Waals surface area (Å²) in [6.07, 6.45) is 29.4. The van der Waals surface area contributed by atoms with Crippen molar-refractivity contribution in [3.8, 4) is 0 Å². The quantitative estimate of drug-likeness (QED) is 0.624. The molecule has 10 radical (unpaired) electrons. The van der Waals surface area contributed by atoms with E-state index in [1.54, 1.807) is 6.08 Å². The van der Waals surface area contributed by atoms with Crippen molar-refractivity contribution < 1.29 is 22.2 Å². The standard InChI is InChI=1S/C12H13O.C5H5.Fe/c13-11-7-3-1-2-4-8-12-9-5-6-10-12;1-2-4-5-3-1;/h1-10,13H,11H2;1-5H;/q;;+2/b2-1+,7-3+,8-4+;;. The molecule has 1 N–H and O–H groups in total. The van der Waals surface area contributed by atoms with E-state index in [4.69, 9.17) is 5.11 Å². The fourth-order valence-corrected chi connectivity index (χ4v) is 1.26. The van der Waals surface area contributed by atoms with Crippen molar-refractivity contribution in [3.05, 3.63) is 100 Å². The van der Waals surface area contributed by atoms with Crippen LogP contribution in [0.1, 0.15) is 0 Å². The predicted octanol–water partition coefficient (Wildman–Crippen LogP) is 3.07. The van der Waals surface area contributed by atoms with E-state index in [2.05, 4.69) is 0 Å². The Labute approximate surface area is 129 Å². The molecule has 2 rings (SSSR count). The van der Waals surface area contributed by atoms with E-state index < -0.39 is 0 Å². The summed E-state index contributed by atoms with van der Waals surface area (Å²) in [5.74, 6) is 1.20. The summed E-state index contributed by atoms with van der Waals surface area (Å²) in [7, 11) is 0. The maximum Gasteiger partial charge on any atom is 2.00 e. The summed E-state index contributed by atoms with van der Waals surface area (Å²) in [5, 5.41) is 8.43. The van der Waals surface area contributed by atoms with Crippen LogP contribution in [0.3, 0.4) is 0 Å². The van der Waals surface area contributed by atoms with Crippen LogP contribution in [0.15, 0.2) is 36.5 Å². The molecular weight excluding hydrogens is 276 g/mol. The monoisotopic (exact) mass is 294 g/mol. The first-order valence-corrected chi connectivity index (χ1v) is 5.92. The normalized spacial score (nSPS) is 20.1. The molecule has 2 saturated carbocycles. The topological polar surface area (TPSA) is 20.2 Å². The minimum Gasteiger partial charge on any atom is -0.392 e. The molecule has 0 aromatic rings. The van der Waals surface area contributed by atoms with Crippen molar-refractivity contribution in [3.63, 3.8) is 0 Å². The van der Waals surface area contributed by atoms with Gasteiger partial charge in [-0.25, -0.2) is 0 Å². The van der Waals surface area contributed by atoms with Crippen LogP contribution in [-0.4, -0.2) is 11.7 Å². The molecule has 98 valence electrons. The SMILES string of the molecule is OC/C=C/C=C/C=C/[C]1[CH][CH][CH][CH]1.[CH]1[CH][CH][CH][CH]1.[Fe+2]. The summed E-state index contributed by atoms with van der Waals surface area (Å²) in [6, 6.07) is 0. The van der Waals surface area contributed by atoms with Crippen LogP contribution in [-0.2, 0) is 17.1 Å². The predicted molar refractivity (Wildman–Crippen MR) is 76.4 cm³/mol. The zero-order valence-electron chi connectivity index (χ0n) is 10.7. The van der Waals surface area contributed by atoms with E-state index in [0.717, 1.165) is 0 Å². The Morgan fingerprint density at radius 2 is 1.26 bits per heavy atom. The van der Waals surface area contributed by atoms with Crippen LogP contribution in [0.25, 0.3) is 0 Å². The average Bonchev–Trinajstić information content (AvgIpc) is 3.07. The Morgan fingerprint density at radius 1 is 0.737 bits per heavy atom. The van der Waals surface area contributed by atoms with Crippen LogP contribution in [0.5, 0.6) is 0 Å². The Kier molecular flexibility index (Phi) is 13.9. The first-order valence-electron chi connectivity index (χ1n) is 5.92. The Balaban J connectivity index is 0.000000454. The first-order chi connectivity index (χ1) is 8.93. The molecule has 0 saturated heterocycles. The molecule has 0 unspecified atom stereocenters. The molecule has 1 nitrogen and oxygen atoms in total. The third kappa shape index (κ3) is 11.2. The molecule has 0 amide bonds. The van der Waals surface area contributed by atoms with Gasteiger partial charge in [0.1, 0.15) is 0 Å². The third-order valence-corrected chi connectivity index (χ3v) is 2.11. The van der Waals surface area contributed by atoms with Gasteiger partial charge in [-0.3, -0.25) is 0 Å². The van der Waals surface area contributed by atoms with Crippen molar-refractivity contribution in [2.24, 2.45) is 0 Å². The molecule has 19 heavy (non-hydrogen) atoms. The van der Waals surface area contributed by atoms with Gasteiger partial charge >= 0.3 is 17.1 Å². The third-order valence-electron chi connectivity index (χ3n) is 2.11. The summed E-state index contributed by atoms with van der Waals surface area (Å²) in [4.78, 5) is 0. The van der Waals surface area contributed by atoms with Gasteiger partial charge in [-0.05, 0) is 57.8 Å². The van der Waals surface area contributed by atoms with E-state index in [1.807, 2.05) is 88.2 Å². The summed E-state index contributed by atoms with van der Waals surface area (Å²) in [6.45, 7) is 0.0942. The summed E-state index contributed by atoms with van der Waals surface area (Å²) in [5.41, 5.74) is 0. The second-order valence-electron chi connectivity index (χ2n) is 3.54. The largest absolute Gasteiger partial charge is 2.00 e. The minimum absolute atomic E-state index is 0. The molecule has 2 aliphatic carbocycles. The molecule has 0 aliphatic heterocycles. The van der Waals surface area contributed by atoms with Crippen molar-refractivity contribution in [2.45, 2.75) is 0 Å². The molecule has 0 aromatic heterocycles. The smallest absolute Gasteiger partial charge is 0.392 e. The summed E-state index contributed by atoms with van der Waals surface area (Å²) < 4.78 is 0. The maximum atomic E-state index is 8.43. The number of aliphatic hydroxyl groups excluding tert-OH is 1. The minimum atomic E-state index is 0. The van der Waals surface area contributed by atoms with Gasteiger partial charge in [0.2, 0.25) is 0 Å². The Morgan fingerprint density at radius 3 is 1.79 bits per heavy atom. The zero-order chi connectivity index (χ0) is 12.9. The van der Waals surface area contributed by atoms with E-state index in [9.17, 15) is 0 Å². The number of allylic oxidation sites excluding steroid dienone is 5. The van der Waals surface area contributed by atoms with Crippen LogP contribution in [0.2, 0.25) is 0 Å². The Hall–Kier alpha value is -0.301. The van der Waals surface area contributed by atoms with Gasteiger partial charge in [-0.2, -0.15) is 0 Å². The number of rotatable bonds is 4. The van der Waals surface area contributed by atoms with Gasteiger partial charge in [0.15, 0.2) is 0 Å². The molecule has 2 fully saturated rings. The molecule has 0 aromatic carbocycles. The van der Waals surface area contributed by atoms with Crippen LogP contribution in [0.4, 0.5) is 0 Å². The van der Waals surface area contributed by atoms with Crippen LogP contribution >= 0.6 is 0 Å². The molecule has 0 spiro atoms. The van der Waals surface area contributed by atoms with E-state index in [1.165, 1.54) is 5.92 Å². The molecule has 0 heterocycles. The van der Waals surface area contributed by atoms with Gasteiger partial charge < -0.3 is 5.11 Å². The molecule has 2 aliphatic rings. The number of aliphatic hydroxyl groups is 1. The number of hydrogen-bond acceptors (Lipinski definition) is 1. The van der Waals surface area contributed by atoms with Crippen LogP contribution in [0, 0.1) is 63.7 Å². The van der Waals surface area contributed by atoms with Gasteiger partial charge in [-0.15, -0.1) is 0 Å². The average molecular weight is 294 g/mol. The molecular formula is C17H18FeO+2. The van der Waals surface area contributed by atoms with E-state index in [-0.39, 0.29) is 23.7 Å².